The number of pyridine rings is 1. The summed E-state index contributed by atoms with van der Waals surface area (Å²) in [7, 11) is 1.77. The molecular weight excluding hydrogens is 284 g/mol. The highest BCUT2D eigenvalue weighted by Crippen LogP contribution is 2.34. The van der Waals surface area contributed by atoms with Gasteiger partial charge in [-0.2, -0.15) is 0 Å². The normalized spacial score (nSPS) is 12.0. The highest BCUT2D eigenvalue weighted by molar-refractivity contribution is 6.77. The third-order valence-electron chi connectivity index (χ3n) is 2.43. The summed E-state index contributed by atoms with van der Waals surface area (Å²) in [4.78, 5) is 15.9. The Bertz CT molecular complexity index is 601. The zero-order valence-corrected chi connectivity index (χ0v) is 11.0. The number of fused-ring (bicyclic) bond motifs is 1. The molecular formula is C10H8Cl3N3O. The second-order valence-electron chi connectivity index (χ2n) is 3.57. The molecule has 0 radical (unpaired) electrons. The van der Waals surface area contributed by atoms with E-state index in [2.05, 4.69) is 4.98 Å². The molecule has 7 heteroatoms. The van der Waals surface area contributed by atoms with Gasteiger partial charge in [0, 0.05) is 19.4 Å². The summed E-state index contributed by atoms with van der Waals surface area (Å²) in [5, 5.41) is 0.506. The van der Waals surface area contributed by atoms with Gasteiger partial charge in [0.05, 0.1) is 16.5 Å². The Kier molecular flexibility index (Phi) is 2.97. The van der Waals surface area contributed by atoms with Gasteiger partial charge in [0.25, 0.3) is 3.79 Å². The van der Waals surface area contributed by atoms with E-state index in [1.165, 1.54) is 0 Å². The SMILES string of the molecule is Cn1cc(C(=O)C(Cl)(Cl)Cl)c2c(N)nccc21. The summed E-state index contributed by atoms with van der Waals surface area (Å²) in [5.74, 6) is -0.381. The Morgan fingerprint density at radius 3 is 2.71 bits per heavy atom. The first-order valence-electron chi connectivity index (χ1n) is 4.63. The van der Waals surface area contributed by atoms with Crippen LogP contribution in [0.2, 0.25) is 0 Å². The van der Waals surface area contributed by atoms with E-state index in [1.54, 1.807) is 30.1 Å². The van der Waals surface area contributed by atoms with Crippen LogP contribution in [0.1, 0.15) is 10.4 Å². The summed E-state index contributed by atoms with van der Waals surface area (Å²) < 4.78 is -0.270. The molecule has 17 heavy (non-hydrogen) atoms. The Balaban J connectivity index is 2.76. The Labute approximate surface area is 112 Å². The number of halogens is 3. The smallest absolute Gasteiger partial charge is 0.253 e. The number of aromatic nitrogens is 2. The standard InChI is InChI=1S/C10H8Cl3N3O/c1-16-4-5(8(17)10(11,12)13)7-6(16)2-3-15-9(7)14/h2-4H,1H3,(H2,14,15). The van der Waals surface area contributed by atoms with Crippen molar-refractivity contribution in [3.8, 4) is 0 Å². The summed E-state index contributed by atoms with van der Waals surface area (Å²) in [6.07, 6.45) is 3.13. The molecule has 2 heterocycles. The lowest BCUT2D eigenvalue weighted by Crippen LogP contribution is -2.18. The summed E-state index contributed by atoms with van der Waals surface area (Å²) in [6.45, 7) is 0. The number of Topliss-reactive ketones (excluding diaryl/α,β-unsaturated/α-hetero) is 1. The van der Waals surface area contributed by atoms with Crippen LogP contribution in [0.5, 0.6) is 0 Å². The number of ketones is 1. The number of nitrogen functional groups attached to an aromatic ring is 1. The van der Waals surface area contributed by atoms with E-state index in [0.717, 1.165) is 5.52 Å². The van der Waals surface area contributed by atoms with Crippen molar-refractivity contribution < 1.29 is 4.79 Å². The average Bonchev–Trinajstić information content (AvgIpc) is 2.55. The van der Waals surface area contributed by atoms with Crippen LogP contribution in [0.15, 0.2) is 18.5 Å². The number of carbonyl (C=O) groups excluding carboxylic acids is 1. The van der Waals surface area contributed by atoms with E-state index in [1.807, 2.05) is 0 Å². The maximum Gasteiger partial charge on any atom is 0.253 e. The molecule has 0 saturated heterocycles. The fourth-order valence-corrected chi connectivity index (χ4v) is 2.00. The van der Waals surface area contributed by atoms with Gasteiger partial charge in [-0.05, 0) is 6.07 Å². The van der Waals surface area contributed by atoms with E-state index >= 15 is 0 Å². The van der Waals surface area contributed by atoms with Crippen molar-refractivity contribution in [2.75, 3.05) is 5.73 Å². The maximum absolute atomic E-state index is 12.0. The molecule has 4 nitrogen and oxygen atoms in total. The molecule has 0 unspecified atom stereocenters. The number of nitrogens with two attached hydrogens (primary N) is 1. The van der Waals surface area contributed by atoms with Gasteiger partial charge in [0.15, 0.2) is 0 Å². The number of hydrogen-bond acceptors (Lipinski definition) is 3. The summed E-state index contributed by atoms with van der Waals surface area (Å²) >= 11 is 16.8. The van der Waals surface area contributed by atoms with Crippen LogP contribution in [0.3, 0.4) is 0 Å². The monoisotopic (exact) mass is 291 g/mol. The van der Waals surface area contributed by atoms with Gasteiger partial charge in [-0.1, -0.05) is 34.8 Å². The number of alkyl halides is 3. The fraction of sp³-hybridized carbons (Fsp3) is 0.200. The molecule has 2 aromatic heterocycles. The number of nitrogens with zero attached hydrogens (tertiary/aromatic N) is 2. The van der Waals surface area contributed by atoms with Crippen LogP contribution < -0.4 is 5.73 Å². The topological polar surface area (TPSA) is 60.9 Å². The second-order valence-corrected chi connectivity index (χ2v) is 5.85. The Hall–Kier alpha value is -0.970. The van der Waals surface area contributed by atoms with Gasteiger partial charge in [0.2, 0.25) is 5.78 Å². The van der Waals surface area contributed by atoms with Crippen molar-refractivity contribution in [3.63, 3.8) is 0 Å². The molecule has 0 aliphatic heterocycles. The first kappa shape index (κ1) is 12.5. The highest BCUT2D eigenvalue weighted by atomic mass is 35.6. The Morgan fingerprint density at radius 2 is 2.12 bits per heavy atom. The van der Waals surface area contributed by atoms with Gasteiger partial charge in [-0.25, -0.2) is 4.98 Å². The van der Waals surface area contributed by atoms with Crippen molar-refractivity contribution in [1.82, 2.24) is 9.55 Å². The number of carbonyl (C=O) groups is 1. The zero-order chi connectivity index (χ0) is 12.8. The third kappa shape index (κ3) is 2.08. The molecule has 0 aliphatic carbocycles. The molecule has 90 valence electrons. The maximum atomic E-state index is 12.0. The van der Waals surface area contributed by atoms with Crippen LogP contribution in [-0.4, -0.2) is 19.1 Å². The van der Waals surface area contributed by atoms with Crippen LogP contribution in [0.4, 0.5) is 5.82 Å². The minimum Gasteiger partial charge on any atom is -0.383 e. The molecule has 0 aromatic carbocycles. The number of aryl methyl sites for hydroxylation is 1. The first-order valence-corrected chi connectivity index (χ1v) is 5.77. The molecule has 0 fully saturated rings. The molecule has 0 amide bonds. The predicted molar refractivity (Wildman–Crippen MR) is 69.7 cm³/mol. The van der Waals surface area contributed by atoms with E-state index < -0.39 is 9.58 Å². The third-order valence-corrected chi connectivity index (χ3v) is 2.95. The quantitative estimate of drug-likeness (QED) is 0.649. The van der Waals surface area contributed by atoms with Crippen LogP contribution in [-0.2, 0) is 7.05 Å². The van der Waals surface area contributed by atoms with E-state index in [0.29, 0.717) is 5.39 Å². The lowest BCUT2D eigenvalue weighted by molar-refractivity contribution is 0.0998. The number of hydrogen-bond donors (Lipinski definition) is 1. The molecule has 2 N–H and O–H groups in total. The van der Waals surface area contributed by atoms with Crippen LogP contribution in [0, 0.1) is 0 Å². The van der Waals surface area contributed by atoms with Crippen LogP contribution in [0.25, 0.3) is 10.9 Å². The predicted octanol–water partition coefficient (Wildman–Crippen LogP) is 2.71. The molecule has 0 atom stereocenters. The Morgan fingerprint density at radius 1 is 1.47 bits per heavy atom. The van der Waals surface area contributed by atoms with Crippen molar-refractivity contribution in [2.45, 2.75) is 3.79 Å². The molecule has 0 bridgehead atoms. The van der Waals surface area contributed by atoms with E-state index in [4.69, 9.17) is 40.5 Å². The second kappa shape index (κ2) is 4.05. The lowest BCUT2D eigenvalue weighted by atomic mass is 10.1. The zero-order valence-electron chi connectivity index (χ0n) is 8.75. The van der Waals surface area contributed by atoms with Gasteiger partial charge in [-0.3, -0.25) is 4.79 Å². The number of anilines is 1. The molecule has 0 saturated carbocycles. The summed E-state index contributed by atoms with van der Waals surface area (Å²) in [5.41, 5.74) is 6.76. The van der Waals surface area contributed by atoms with E-state index in [9.17, 15) is 4.79 Å². The van der Waals surface area contributed by atoms with Gasteiger partial charge in [-0.15, -0.1) is 0 Å². The van der Waals surface area contributed by atoms with Crippen molar-refractivity contribution in [1.29, 1.82) is 0 Å². The highest BCUT2D eigenvalue weighted by Gasteiger charge is 2.34. The lowest BCUT2D eigenvalue weighted by Gasteiger charge is -2.08. The van der Waals surface area contributed by atoms with Gasteiger partial charge >= 0.3 is 0 Å². The van der Waals surface area contributed by atoms with Crippen molar-refractivity contribution in [3.05, 3.63) is 24.0 Å². The average molecular weight is 293 g/mol. The minimum absolute atomic E-state index is 0.237. The molecule has 2 aromatic rings. The number of rotatable bonds is 1. The van der Waals surface area contributed by atoms with Crippen molar-refractivity contribution >= 4 is 57.3 Å². The minimum atomic E-state index is -2.00. The molecule has 0 spiro atoms. The summed E-state index contributed by atoms with van der Waals surface area (Å²) in [6, 6.07) is 1.74. The fourth-order valence-electron chi connectivity index (χ4n) is 1.69. The molecule has 0 aliphatic rings. The van der Waals surface area contributed by atoms with Gasteiger partial charge < -0.3 is 10.3 Å². The van der Waals surface area contributed by atoms with E-state index in [-0.39, 0.29) is 11.4 Å². The van der Waals surface area contributed by atoms with Crippen LogP contribution >= 0.6 is 34.8 Å². The van der Waals surface area contributed by atoms with Crippen molar-refractivity contribution in [2.24, 2.45) is 7.05 Å². The first-order chi connectivity index (χ1) is 7.82. The largest absolute Gasteiger partial charge is 0.383 e. The molecule has 2 rings (SSSR count). The van der Waals surface area contributed by atoms with Gasteiger partial charge in [0.1, 0.15) is 5.82 Å².